The van der Waals surface area contributed by atoms with Crippen molar-refractivity contribution in [3.63, 3.8) is 0 Å². The normalized spacial score (nSPS) is 10.2. The van der Waals surface area contributed by atoms with Gasteiger partial charge >= 0.3 is 5.97 Å². The smallest absolute Gasteiger partial charge is 0.339 e. The van der Waals surface area contributed by atoms with Crippen LogP contribution in [0.3, 0.4) is 0 Å². The van der Waals surface area contributed by atoms with Crippen molar-refractivity contribution >= 4 is 21.9 Å². The Hall–Kier alpha value is -1.61. The average Bonchev–Trinajstić information content (AvgIpc) is 2.45. The number of hydrogen-bond acceptors (Lipinski definition) is 2. The van der Waals surface area contributed by atoms with Gasteiger partial charge in [0.05, 0.1) is 5.56 Å². The van der Waals surface area contributed by atoms with Gasteiger partial charge in [0.2, 0.25) is 0 Å². The number of rotatable bonds is 4. The minimum Gasteiger partial charge on any atom is -0.457 e. The Bertz CT molecular complexity index is 564. The monoisotopic (exact) mass is 318 g/mol. The van der Waals surface area contributed by atoms with E-state index in [1.807, 2.05) is 55.5 Å². The summed E-state index contributed by atoms with van der Waals surface area (Å²) in [7, 11) is 0. The van der Waals surface area contributed by atoms with E-state index in [0.717, 1.165) is 16.7 Å². The van der Waals surface area contributed by atoms with Gasteiger partial charge in [-0.05, 0) is 23.6 Å². The van der Waals surface area contributed by atoms with Crippen LogP contribution in [-0.4, -0.2) is 5.97 Å². The summed E-state index contributed by atoms with van der Waals surface area (Å²) in [6, 6.07) is 15.5. The standard InChI is InChI=1S/C16H15BrO2/c1-12-6-5-9-14(10-17)15(12)16(18)19-11-13-7-3-2-4-8-13/h2-9H,10-11H2,1H3. The van der Waals surface area contributed by atoms with Gasteiger partial charge in [-0.25, -0.2) is 4.79 Å². The molecule has 3 heteroatoms. The van der Waals surface area contributed by atoms with E-state index in [4.69, 9.17) is 4.74 Å². The number of alkyl halides is 1. The van der Waals surface area contributed by atoms with Crippen LogP contribution >= 0.6 is 15.9 Å². The molecule has 2 aromatic carbocycles. The van der Waals surface area contributed by atoms with Gasteiger partial charge in [-0.15, -0.1) is 0 Å². The topological polar surface area (TPSA) is 26.3 Å². The molecule has 0 fully saturated rings. The SMILES string of the molecule is Cc1cccc(CBr)c1C(=O)OCc1ccccc1. The first-order valence-electron chi connectivity index (χ1n) is 6.08. The molecule has 0 saturated heterocycles. The molecule has 0 radical (unpaired) electrons. The van der Waals surface area contributed by atoms with Gasteiger partial charge in [0.15, 0.2) is 0 Å². The van der Waals surface area contributed by atoms with Crippen molar-refractivity contribution in [1.82, 2.24) is 0 Å². The lowest BCUT2D eigenvalue weighted by Gasteiger charge is -2.10. The fraction of sp³-hybridized carbons (Fsp3) is 0.188. The highest BCUT2D eigenvalue weighted by molar-refractivity contribution is 9.08. The third kappa shape index (κ3) is 3.44. The Balaban J connectivity index is 2.12. The summed E-state index contributed by atoms with van der Waals surface area (Å²) in [5.74, 6) is -0.267. The number of hydrogen-bond donors (Lipinski definition) is 0. The van der Waals surface area contributed by atoms with E-state index >= 15 is 0 Å². The molecule has 0 saturated carbocycles. The lowest BCUT2D eigenvalue weighted by Crippen LogP contribution is -2.10. The van der Waals surface area contributed by atoms with Crippen LogP contribution in [0.15, 0.2) is 48.5 Å². The molecule has 0 heterocycles. The van der Waals surface area contributed by atoms with Crippen LogP contribution in [0.2, 0.25) is 0 Å². The zero-order chi connectivity index (χ0) is 13.7. The number of halogens is 1. The summed E-state index contributed by atoms with van der Waals surface area (Å²) in [6.45, 7) is 2.22. The van der Waals surface area contributed by atoms with Gasteiger partial charge in [0, 0.05) is 5.33 Å². The molecule has 0 amide bonds. The van der Waals surface area contributed by atoms with E-state index in [9.17, 15) is 4.79 Å². The van der Waals surface area contributed by atoms with Crippen molar-refractivity contribution < 1.29 is 9.53 Å². The molecule has 0 aliphatic heterocycles. The Kier molecular flexibility index (Phi) is 4.74. The molecule has 0 spiro atoms. The van der Waals surface area contributed by atoms with Crippen molar-refractivity contribution in [2.75, 3.05) is 0 Å². The highest BCUT2D eigenvalue weighted by Crippen LogP contribution is 2.18. The Morgan fingerprint density at radius 2 is 1.84 bits per heavy atom. The van der Waals surface area contributed by atoms with Crippen molar-refractivity contribution in [3.8, 4) is 0 Å². The van der Waals surface area contributed by atoms with Crippen LogP contribution in [0.1, 0.15) is 27.0 Å². The van der Waals surface area contributed by atoms with Gasteiger partial charge in [0.1, 0.15) is 6.61 Å². The van der Waals surface area contributed by atoms with Crippen molar-refractivity contribution in [2.24, 2.45) is 0 Å². The second-order valence-corrected chi connectivity index (χ2v) is 4.87. The summed E-state index contributed by atoms with van der Waals surface area (Å²) < 4.78 is 5.38. The Morgan fingerprint density at radius 1 is 1.11 bits per heavy atom. The summed E-state index contributed by atoms with van der Waals surface area (Å²) >= 11 is 3.40. The van der Waals surface area contributed by atoms with E-state index in [2.05, 4.69) is 15.9 Å². The molecule has 0 bridgehead atoms. The molecule has 0 aliphatic rings. The van der Waals surface area contributed by atoms with Gasteiger partial charge < -0.3 is 4.74 Å². The predicted molar refractivity (Wildman–Crippen MR) is 79.4 cm³/mol. The molecule has 2 aromatic rings. The maximum absolute atomic E-state index is 12.2. The third-order valence-electron chi connectivity index (χ3n) is 2.92. The van der Waals surface area contributed by atoms with Crippen LogP contribution < -0.4 is 0 Å². The molecule has 2 nitrogen and oxygen atoms in total. The maximum Gasteiger partial charge on any atom is 0.339 e. The van der Waals surface area contributed by atoms with Crippen molar-refractivity contribution in [1.29, 1.82) is 0 Å². The molecule has 0 N–H and O–H groups in total. The number of aryl methyl sites for hydroxylation is 1. The first-order chi connectivity index (χ1) is 9.22. The molecule has 98 valence electrons. The van der Waals surface area contributed by atoms with Gasteiger partial charge in [-0.3, -0.25) is 0 Å². The first-order valence-corrected chi connectivity index (χ1v) is 7.20. The molecule has 0 aromatic heterocycles. The fourth-order valence-corrected chi connectivity index (χ4v) is 2.39. The van der Waals surface area contributed by atoms with Gasteiger partial charge in [-0.1, -0.05) is 64.5 Å². The van der Waals surface area contributed by atoms with Crippen LogP contribution in [0.4, 0.5) is 0 Å². The number of carbonyl (C=O) groups is 1. The minimum atomic E-state index is -0.267. The summed E-state index contributed by atoms with van der Waals surface area (Å²) in [5.41, 5.74) is 3.55. The van der Waals surface area contributed by atoms with E-state index in [-0.39, 0.29) is 5.97 Å². The maximum atomic E-state index is 12.2. The summed E-state index contributed by atoms with van der Waals surface area (Å²) in [5, 5.41) is 0.643. The number of carbonyl (C=O) groups excluding carboxylic acids is 1. The van der Waals surface area contributed by atoms with E-state index < -0.39 is 0 Å². The second-order valence-electron chi connectivity index (χ2n) is 4.30. The fourth-order valence-electron chi connectivity index (χ4n) is 1.93. The van der Waals surface area contributed by atoms with Crippen molar-refractivity contribution in [2.45, 2.75) is 18.9 Å². The molecule has 2 rings (SSSR count). The molecular weight excluding hydrogens is 304 g/mol. The second kappa shape index (κ2) is 6.53. The largest absolute Gasteiger partial charge is 0.457 e. The number of esters is 1. The minimum absolute atomic E-state index is 0.267. The highest BCUT2D eigenvalue weighted by Gasteiger charge is 2.14. The quantitative estimate of drug-likeness (QED) is 0.622. The zero-order valence-corrected chi connectivity index (χ0v) is 12.3. The molecule has 0 aliphatic carbocycles. The average molecular weight is 319 g/mol. The van der Waals surface area contributed by atoms with Crippen LogP contribution in [0.5, 0.6) is 0 Å². The molecule has 0 unspecified atom stereocenters. The molecular formula is C16H15BrO2. The summed E-state index contributed by atoms with van der Waals surface area (Å²) in [4.78, 5) is 12.2. The number of ether oxygens (including phenoxy) is 1. The first kappa shape index (κ1) is 13.8. The third-order valence-corrected chi connectivity index (χ3v) is 3.52. The van der Waals surface area contributed by atoms with Crippen molar-refractivity contribution in [3.05, 3.63) is 70.8 Å². The lowest BCUT2D eigenvalue weighted by molar-refractivity contribution is 0.0471. The van der Waals surface area contributed by atoms with E-state index in [1.54, 1.807) is 0 Å². The summed E-state index contributed by atoms with van der Waals surface area (Å²) in [6.07, 6.45) is 0. The number of benzene rings is 2. The predicted octanol–water partition coefficient (Wildman–Crippen LogP) is 4.25. The van der Waals surface area contributed by atoms with Crippen LogP contribution in [0, 0.1) is 6.92 Å². The highest BCUT2D eigenvalue weighted by atomic mass is 79.9. The molecule has 19 heavy (non-hydrogen) atoms. The Labute approximate surface area is 121 Å². The van der Waals surface area contributed by atoms with E-state index in [0.29, 0.717) is 17.5 Å². The van der Waals surface area contributed by atoms with Crippen LogP contribution in [-0.2, 0) is 16.7 Å². The van der Waals surface area contributed by atoms with Crippen LogP contribution in [0.25, 0.3) is 0 Å². The lowest BCUT2D eigenvalue weighted by atomic mass is 10.0. The van der Waals surface area contributed by atoms with E-state index in [1.165, 1.54) is 0 Å². The zero-order valence-electron chi connectivity index (χ0n) is 10.7. The Morgan fingerprint density at radius 3 is 2.53 bits per heavy atom. The van der Waals surface area contributed by atoms with Gasteiger partial charge in [0.25, 0.3) is 0 Å². The van der Waals surface area contributed by atoms with Gasteiger partial charge in [-0.2, -0.15) is 0 Å². The molecule has 0 atom stereocenters.